The lowest BCUT2D eigenvalue weighted by molar-refractivity contribution is 0.565. The topological polar surface area (TPSA) is 34.4 Å². The zero-order valence-corrected chi connectivity index (χ0v) is 10.7. The van der Waals surface area contributed by atoms with Crippen molar-refractivity contribution in [3.8, 4) is 0 Å². The Kier molecular flexibility index (Phi) is 2.95. The Morgan fingerprint density at radius 2 is 2.19 bits per heavy atom. The molecule has 0 spiro atoms. The quantitative estimate of drug-likeness (QED) is 0.605. The lowest BCUT2D eigenvalue weighted by Crippen LogP contribution is -1.97. The summed E-state index contributed by atoms with van der Waals surface area (Å²) in [5.74, 6) is 0. The summed E-state index contributed by atoms with van der Waals surface area (Å²) in [7, 11) is 0. The number of rotatable bonds is 2. The highest BCUT2D eigenvalue weighted by Crippen LogP contribution is 2.32. The SMILES string of the molecule is CC(C)n1cc(N=C=O)c2cc(Br)ccc21. The first-order chi connectivity index (χ1) is 7.63. The highest BCUT2D eigenvalue weighted by molar-refractivity contribution is 9.10. The van der Waals surface area contributed by atoms with Crippen LogP contribution in [0, 0.1) is 0 Å². The Morgan fingerprint density at radius 1 is 1.44 bits per heavy atom. The fraction of sp³-hybridized carbons (Fsp3) is 0.250. The maximum atomic E-state index is 10.4. The first kappa shape index (κ1) is 11.1. The van der Waals surface area contributed by atoms with E-state index in [0.717, 1.165) is 15.4 Å². The van der Waals surface area contributed by atoms with Gasteiger partial charge in [-0.15, -0.1) is 0 Å². The molecule has 0 aliphatic heterocycles. The van der Waals surface area contributed by atoms with Crippen LogP contribution in [-0.4, -0.2) is 10.6 Å². The fourth-order valence-corrected chi connectivity index (χ4v) is 2.14. The standard InChI is InChI=1S/C12H11BrN2O/c1-8(2)15-6-11(14-7-16)10-5-9(13)3-4-12(10)15/h3-6,8H,1-2H3. The summed E-state index contributed by atoms with van der Waals surface area (Å²) >= 11 is 3.41. The summed E-state index contributed by atoms with van der Waals surface area (Å²) in [6, 6.07) is 6.29. The maximum absolute atomic E-state index is 10.4. The average molecular weight is 279 g/mol. The van der Waals surface area contributed by atoms with E-state index < -0.39 is 0 Å². The van der Waals surface area contributed by atoms with Crippen LogP contribution in [0.3, 0.4) is 0 Å². The van der Waals surface area contributed by atoms with Gasteiger partial charge in [0.05, 0.1) is 5.52 Å². The number of halogens is 1. The molecule has 0 atom stereocenters. The maximum Gasteiger partial charge on any atom is 0.240 e. The molecule has 3 nitrogen and oxygen atoms in total. The van der Waals surface area contributed by atoms with Crippen LogP contribution in [0.15, 0.2) is 33.9 Å². The molecule has 2 rings (SSSR count). The van der Waals surface area contributed by atoms with Crippen molar-refractivity contribution in [3.05, 3.63) is 28.9 Å². The second-order valence-electron chi connectivity index (χ2n) is 3.88. The Hall–Kier alpha value is -1.38. The van der Waals surface area contributed by atoms with Crippen molar-refractivity contribution in [1.82, 2.24) is 4.57 Å². The summed E-state index contributed by atoms with van der Waals surface area (Å²) in [5, 5.41) is 0.964. The number of benzene rings is 1. The highest BCUT2D eigenvalue weighted by atomic mass is 79.9. The van der Waals surface area contributed by atoms with Crippen molar-refractivity contribution in [2.24, 2.45) is 4.99 Å². The highest BCUT2D eigenvalue weighted by Gasteiger charge is 2.10. The number of fused-ring (bicyclic) bond motifs is 1. The minimum Gasteiger partial charge on any atom is -0.343 e. The third kappa shape index (κ3) is 1.82. The molecule has 0 fully saturated rings. The van der Waals surface area contributed by atoms with Gasteiger partial charge in [0, 0.05) is 22.1 Å². The molecule has 0 aliphatic carbocycles. The second-order valence-corrected chi connectivity index (χ2v) is 4.80. The lowest BCUT2D eigenvalue weighted by Gasteiger charge is -2.08. The van der Waals surface area contributed by atoms with Gasteiger partial charge < -0.3 is 4.57 Å². The Morgan fingerprint density at radius 3 is 2.81 bits per heavy atom. The molecule has 2 aromatic rings. The van der Waals surface area contributed by atoms with E-state index in [-0.39, 0.29) is 0 Å². The largest absolute Gasteiger partial charge is 0.343 e. The van der Waals surface area contributed by atoms with Gasteiger partial charge in [-0.25, -0.2) is 4.79 Å². The van der Waals surface area contributed by atoms with E-state index >= 15 is 0 Å². The minimum atomic E-state index is 0.333. The van der Waals surface area contributed by atoms with Gasteiger partial charge in [-0.05, 0) is 32.0 Å². The molecular weight excluding hydrogens is 268 g/mol. The zero-order valence-electron chi connectivity index (χ0n) is 9.07. The second kappa shape index (κ2) is 4.24. The van der Waals surface area contributed by atoms with E-state index in [2.05, 4.69) is 39.3 Å². The van der Waals surface area contributed by atoms with Crippen LogP contribution in [0.2, 0.25) is 0 Å². The molecule has 0 bridgehead atoms. The van der Waals surface area contributed by atoms with Crippen molar-refractivity contribution >= 4 is 38.6 Å². The molecule has 16 heavy (non-hydrogen) atoms. The van der Waals surface area contributed by atoms with Crippen LogP contribution in [0.1, 0.15) is 19.9 Å². The minimum absolute atomic E-state index is 0.333. The molecule has 0 unspecified atom stereocenters. The van der Waals surface area contributed by atoms with Gasteiger partial charge in [0.15, 0.2) is 0 Å². The average Bonchev–Trinajstić information content (AvgIpc) is 2.58. The van der Waals surface area contributed by atoms with Crippen LogP contribution in [0.4, 0.5) is 5.69 Å². The molecular formula is C12H11BrN2O. The molecule has 0 N–H and O–H groups in total. The van der Waals surface area contributed by atoms with Crippen LogP contribution in [-0.2, 0) is 4.79 Å². The van der Waals surface area contributed by atoms with Crippen molar-refractivity contribution in [2.75, 3.05) is 0 Å². The molecule has 0 saturated heterocycles. The Balaban J connectivity index is 2.81. The van der Waals surface area contributed by atoms with E-state index in [4.69, 9.17) is 0 Å². The number of aliphatic imine (C=N–C) groups is 1. The van der Waals surface area contributed by atoms with Crippen LogP contribution in [0.25, 0.3) is 10.9 Å². The number of hydrogen-bond donors (Lipinski definition) is 0. The van der Waals surface area contributed by atoms with Gasteiger partial charge in [0.25, 0.3) is 0 Å². The third-order valence-electron chi connectivity index (χ3n) is 2.50. The number of hydrogen-bond acceptors (Lipinski definition) is 2. The number of isocyanates is 1. The molecule has 4 heteroatoms. The van der Waals surface area contributed by atoms with Crippen LogP contribution in [0.5, 0.6) is 0 Å². The smallest absolute Gasteiger partial charge is 0.240 e. The molecule has 1 aromatic heterocycles. The van der Waals surface area contributed by atoms with Gasteiger partial charge in [0.1, 0.15) is 5.69 Å². The monoisotopic (exact) mass is 278 g/mol. The lowest BCUT2D eigenvalue weighted by atomic mass is 10.2. The predicted octanol–water partition coefficient (Wildman–Crippen LogP) is 3.95. The Bertz CT molecular complexity index is 580. The first-order valence-corrected chi connectivity index (χ1v) is 5.80. The van der Waals surface area contributed by atoms with Gasteiger partial charge >= 0.3 is 0 Å². The number of carbonyl (C=O) groups excluding carboxylic acids is 1. The summed E-state index contributed by atoms with van der Waals surface area (Å²) in [6.45, 7) is 4.19. The molecule has 0 amide bonds. The predicted molar refractivity (Wildman–Crippen MR) is 67.8 cm³/mol. The van der Waals surface area contributed by atoms with Crippen LogP contribution < -0.4 is 0 Å². The molecule has 0 saturated carbocycles. The van der Waals surface area contributed by atoms with Crippen molar-refractivity contribution in [1.29, 1.82) is 0 Å². The number of nitrogens with zero attached hydrogens (tertiary/aromatic N) is 2. The van der Waals surface area contributed by atoms with E-state index in [1.807, 2.05) is 24.4 Å². The van der Waals surface area contributed by atoms with E-state index in [0.29, 0.717) is 11.7 Å². The first-order valence-electron chi connectivity index (χ1n) is 5.01. The van der Waals surface area contributed by atoms with E-state index in [1.165, 1.54) is 0 Å². The van der Waals surface area contributed by atoms with E-state index in [1.54, 1.807) is 6.08 Å². The van der Waals surface area contributed by atoms with Gasteiger partial charge in [-0.2, -0.15) is 4.99 Å². The molecule has 82 valence electrons. The molecule has 1 heterocycles. The van der Waals surface area contributed by atoms with Crippen LogP contribution >= 0.6 is 15.9 Å². The fourth-order valence-electron chi connectivity index (χ4n) is 1.77. The number of aromatic nitrogens is 1. The van der Waals surface area contributed by atoms with Gasteiger partial charge in [-0.3, -0.25) is 0 Å². The normalized spacial score (nSPS) is 10.8. The summed E-state index contributed by atoms with van der Waals surface area (Å²) in [6.07, 6.45) is 3.48. The summed E-state index contributed by atoms with van der Waals surface area (Å²) in [4.78, 5) is 14.1. The van der Waals surface area contributed by atoms with Crippen molar-refractivity contribution < 1.29 is 4.79 Å². The molecule has 0 radical (unpaired) electrons. The summed E-state index contributed by atoms with van der Waals surface area (Å²) in [5.41, 5.74) is 1.74. The van der Waals surface area contributed by atoms with Crippen molar-refractivity contribution in [3.63, 3.8) is 0 Å². The molecule has 1 aromatic carbocycles. The molecule has 0 aliphatic rings. The van der Waals surface area contributed by atoms with Gasteiger partial charge in [0.2, 0.25) is 6.08 Å². The third-order valence-corrected chi connectivity index (χ3v) is 2.99. The van der Waals surface area contributed by atoms with Gasteiger partial charge in [-0.1, -0.05) is 15.9 Å². The van der Waals surface area contributed by atoms with E-state index in [9.17, 15) is 4.79 Å². The van der Waals surface area contributed by atoms with Crippen molar-refractivity contribution in [2.45, 2.75) is 19.9 Å². The zero-order chi connectivity index (χ0) is 11.7. The Labute approximate surface area is 102 Å². The summed E-state index contributed by atoms with van der Waals surface area (Å²) < 4.78 is 3.07.